The van der Waals surface area contributed by atoms with Crippen molar-refractivity contribution in [2.24, 2.45) is 26.7 Å². The standard InChI is InChI=1S/C27H36N12S/c1-4-5-6-7-8-9-10-11-12-13-14-40-27-36-38-24(31)22(18-30)23(21(16-28)17-29)33-26(38)39(27)35-25(32)37-20(3)15-19(2)34-37/h15H,4-14,31H2,1-3H3,(H2,32,35). The zero-order valence-electron chi connectivity index (χ0n) is 23.4. The monoisotopic (exact) mass is 560 g/mol. The smallest absolute Gasteiger partial charge is 0.257 e. The van der Waals surface area contributed by atoms with Crippen LogP contribution >= 0.6 is 11.8 Å². The van der Waals surface area contributed by atoms with E-state index in [0.717, 1.165) is 30.0 Å². The minimum absolute atomic E-state index is 0.0510. The number of aliphatic imine (C=N–C) groups is 1. The summed E-state index contributed by atoms with van der Waals surface area (Å²) in [6, 6.07) is 7.37. The number of nitriles is 3. The molecule has 0 saturated heterocycles. The lowest BCUT2D eigenvalue weighted by atomic mass is 10.1. The van der Waals surface area contributed by atoms with Gasteiger partial charge in [-0.3, -0.25) is 0 Å². The van der Waals surface area contributed by atoms with Gasteiger partial charge < -0.3 is 11.5 Å². The summed E-state index contributed by atoms with van der Waals surface area (Å²) in [6.07, 6.45) is 12.4. The Morgan fingerprint density at radius 2 is 1.62 bits per heavy atom. The molecule has 0 aromatic carbocycles. The van der Waals surface area contributed by atoms with Crippen LogP contribution in [0, 0.1) is 47.8 Å². The maximum atomic E-state index is 9.70. The van der Waals surface area contributed by atoms with Gasteiger partial charge in [-0.1, -0.05) is 76.5 Å². The number of hydrogen-bond donors (Lipinski definition) is 2. The lowest BCUT2D eigenvalue weighted by Crippen LogP contribution is -2.40. The predicted octanol–water partition coefficient (Wildman–Crippen LogP) is 4.49. The number of nitrogens with two attached hydrogens (primary N) is 2. The highest BCUT2D eigenvalue weighted by Crippen LogP contribution is 2.32. The van der Waals surface area contributed by atoms with Crippen LogP contribution in [0.15, 0.2) is 43.9 Å². The largest absolute Gasteiger partial charge is 0.382 e. The van der Waals surface area contributed by atoms with Crippen molar-refractivity contribution in [3.63, 3.8) is 0 Å². The first-order chi connectivity index (χ1) is 19.4. The number of unbranched alkanes of at least 4 members (excludes halogenated alkanes) is 9. The van der Waals surface area contributed by atoms with Crippen LogP contribution in [0.5, 0.6) is 0 Å². The van der Waals surface area contributed by atoms with Gasteiger partial charge in [-0.25, -0.2) is 9.67 Å². The molecule has 0 unspecified atom stereocenters. The van der Waals surface area contributed by atoms with Gasteiger partial charge in [0.25, 0.3) is 5.96 Å². The third-order valence-electron chi connectivity index (χ3n) is 6.41. The number of fused-ring (bicyclic) bond motifs is 1. The molecule has 1 aromatic heterocycles. The van der Waals surface area contributed by atoms with Crippen LogP contribution in [0.2, 0.25) is 0 Å². The molecular formula is C27H36N12S. The number of aryl methyl sites for hydroxylation is 2. The molecule has 0 radical (unpaired) electrons. The highest BCUT2D eigenvalue weighted by Gasteiger charge is 2.39. The number of thioether (sulfide) groups is 1. The van der Waals surface area contributed by atoms with Gasteiger partial charge >= 0.3 is 0 Å². The summed E-state index contributed by atoms with van der Waals surface area (Å²) in [7, 11) is 0. The Labute approximate surface area is 240 Å². The maximum Gasteiger partial charge on any atom is 0.257 e. The first-order valence-electron chi connectivity index (χ1n) is 13.6. The van der Waals surface area contributed by atoms with Crippen molar-refractivity contribution in [3.05, 3.63) is 40.1 Å². The van der Waals surface area contributed by atoms with Crippen molar-refractivity contribution < 1.29 is 0 Å². The second kappa shape index (κ2) is 14.8. The Balaban J connectivity index is 1.78. The van der Waals surface area contributed by atoms with E-state index in [9.17, 15) is 15.8 Å². The predicted molar refractivity (Wildman–Crippen MR) is 157 cm³/mol. The molecule has 13 heteroatoms. The highest BCUT2D eigenvalue weighted by atomic mass is 32.2. The zero-order valence-corrected chi connectivity index (χ0v) is 24.2. The van der Waals surface area contributed by atoms with E-state index in [-0.39, 0.29) is 34.6 Å². The van der Waals surface area contributed by atoms with Gasteiger partial charge in [0, 0.05) is 11.4 Å². The minimum Gasteiger partial charge on any atom is -0.382 e. The Bertz CT molecular complexity index is 1340. The van der Waals surface area contributed by atoms with Crippen LogP contribution in [0.4, 0.5) is 0 Å². The normalized spacial score (nSPS) is 14.9. The second-order valence-corrected chi connectivity index (χ2v) is 10.6. The van der Waals surface area contributed by atoms with Crippen LogP contribution in [0.3, 0.4) is 0 Å². The van der Waals surface area contributed by atoms with Crippen molar-refractivity contribution in [1.82, 2.24) is 19.8 Å². The van der Waals surface area contributed by atoms with Crippen LogP contribution in [-0.4, -0.2) is 42.6 Å². The number of rotatable bonds is 12. The van der Waals surface area contributed by atoms with Gasteiger partial charge in [-0.05, 0) is 26.3 Å². The van der Waals surface area contributed by atoms with Crippen molar-refractivity contribution in [2.75, 3.05) is 5.75 Å². The number of aromatic nitrogens is 2. The summed E-state index contributed by atoms with van der Waals surface area (Å²) < 4.78 is 1.50. The van der Waals surface area contributed by atoms with Gasteiger partial charge in [-0.2, -0.15) is 30.9 Å². The molecule has 2 aliphatic heterocycles. The fourth-order valence-corrected chi connectivity index (χ4v) is 5.26. The highest BCUT2D eigenvalue weighted by molar-refractivity contribution is 8.13. The molecule has 0 atom stereocenters. The van der Waals surface area contributed by atoms with Crippen LogP contribution in [-0.2, 0) is 0 Å². The van der Waals surface area contributed by atoms with E-state index in [1.165, 1.54) is 77.8 Å². The molecule has 12 nitrogen and oxygen atoms in total. The van der Waals surface area contributed by atoms with Gasteiger partial charge in [-0.15, -0.1) is 10.2 Å². The fraction of sp³-hybridized carbons (Fsp3) is 0.519. The molecule has 4 N–H and O–H groups in total. The Kier molecular flexibility index (Phi) is 11.2. The van der Waals surface area contributed by atoms with Gasteiger partial charge in [0.05, 0.1) is 5.69 Å². The second-order valence-electron chi connectivity index (χ2n) is 9.56. The first kappa shape index (κ1) is 30.3. The molecule has 0 saturated carbocycles. The SMILES string of the molecule is CCCCCCCCCCCCSC1=NN2C(=NC(=C(C#N)C#N)C(C#N)=C2N)N1/N=C(\N)n1nc(C)cc1C. The van der Waals surface area contributed by atoms with E-state index >= 15 is 0 Å². The molecule has 210 valence electrons. The van der Waals surface area contributed by atoms with E-state index in [1.807, 2.05) is 26.0 Å². The van der Waals surface area contributed by atoms with Gasteiger partial charge in [0.2, 0.25) is 11.1 Å². The van der Waals surface area contributed by atoms with E-state index in [1.54, 1.807) is 12.1 Å². The van der Waals surface area contributed by atoms with Crippen LogP contribution < -0.4 is 11.5 Å². The molecule has 0 spiro atoms. The summed E-state index contributed by atoms with van der Waals surface area (Å²) in [5.74, 6) is 0.915. The number of hydrazone groups is 2. The average Bonchev–Trinajstić information content (AvgIpc) is 3.46. The van der Waals surface area contributed by atoms with Crippen LogP contribution in [0.1, 0.15) is 82.5 Å². The van der Waals surface area contributed by atoms with Crippen LogP contribution in [0.25, 0.3) is 0 Å². The molecule has 0 bridgehead atoms. The third-order valence-corrected chi connectivity index (χ3v) is 7.41. The lowest BCUT2D eigenvalue weighted by Gasteiger charge is -2.23. The first-order valence-corrected chi connectivity index (χ1v) is 14.6. The van der Waals surface area contributed by atoms with E-state index in [4.69, 9.17) is 11.5 Å². The Hall–Kier alpha value is -4.28. The van der Waals surface area contributed by atoms with E-state index in [0.29, 0.717) is 5.17 Å². The number of allylic oxidation sites excluding steroid dienone is 2. The Morgan fingerprint density at radius 3 is 2.17 bits per heavy atom. The molecular weight excluding hydrogens is 524 g/mol. The third kappa shape index (κ3) is 7.22. The van der Waals surface area contributed by atoms with Gasteiger partial charge in [0.1, 0.15) is 35.3 Å². The summed E-state index contributed by atoms with van der Waals surface area (Å²) >= 11 is 1.47. The maximum absolute atomic E-state index is 9.70. The quantitative estimate of drug-likeness (QED) is 0.161. The molecule has 1 aromatic rings. The summed E-state index contributed by atoms with van der Waals surface area (Å²) in [5, 5.41) is 45.2. The van der Waals surface area contributed by atoms with Crippen molar-refractivity contribution >= 4 is 28.8 Å². The lowest BCUT2D eigenvalue weighted by molar-refractivity contribution is 0.502. The molecule has 40 heavy (non-hydrogen) atoms. The van der Waals surface area contributed by atoms with Crippen molar-refractivity contribution in [1.29, 1.82) is 15.8 Å². The molecule has 0 amide bonds. The summed E-state index contributed by atoms with van der Waals surface area (Å²) in [6.45, 7) is 5.95. The molecule has 2 aliphatic rings. The number of amidine groups is 1. The molecule has 3 rings (SSSR count). The Morgan fingerprint density at radius 1 is 1.00 bits per heavy atom. The fourth-order valence-electron chi connectivity index (χ4n) is 4.35. The van der Waals surface area contributed by atoms with E-state index < -0.39 is 0 Å². The van der Waals surface area contributed by atoms with Crippen molar-refractivity contribution in [3.8, 4) is 18.2 Å². The summed E-state index contributed by atoms with van der Waals surface area (Å²) in [5.41, 5.74) is 13.6. The zero-order chi connectivity index (χ0) is 29.1. The number of hydrogen-bond acceptors (Lipinski definition) is 11. The van der Waals surface area contributed by atoms with Gasteiger partial charge in [0.15, 0.2) is 5.57 Å². The minimum atomic E-state index is -0.339. The molecule has 0 aliphatic carbocycles. The molecule has 3 heterocycles. The average molecular weight is 561 g/mol. The molecule has 0 fully saturated rings. The van der Waals surface area contributed by atoms with E-state index in [2.05, 4.69) is 27.2 Å². The van der Waals surface area contributed by atoms with Crippen molar-refractivity contribution in [2.45, 2.75) is 85.0 Å². The topological polar surface area (TPSA) is 185 Å². The number of guanidine groups is 1. The summed E-state index contributed by atoms with van der Waals surface area (Å²) in [4.78, 5) is 4.42. The number of nitrogens with zero attached hydrogens (tertiary/aromatic N) is 10.